The highest BCUT2D eigenvalue weighted by atomic mass is 32.2. The van der Waals surface area contributed by atoms with Crippen molar-refractivity contribution in [2.75, 3.05) is 36.9 Å². The zero-order valence-electron chi connectivity index (χ0n) is 22.4. The molecule has 38 heavy (non-hydrogen) atoms. The number of nitrogens with zero attached hydrogens (tertiary/aromatic N) is 2. The number of sulfone groups is 1. The maximum Gasteiger partial charge on any atom is 0.223 e. The molecule has 3 aliphatic heterocycles. The molecule has 2 aromatic rings. The fourth-order valence-corrected chi connectivity index (χ4v) is 7.55. The molecule has 3 aliphatic rings. The number of carbonyl (C=O) groups is 2. The molecule has 8 heteroatoms. The summed E-state index contributed by atoms with van der Waals surface area (Å²) in [6, 6.07) is 13.7. The van der Waals surface area contributed by atoms with Gasteiger partial charge in [-0.15, -0.1) is 0 Å². The maximum absolute atomic E-state index is 13.0. The van der Waals surface area contributed by atoms with Crippen LogP contribution in [0, 0.1) is 12.8 Å². The van der Waals surface area contributed by atoms with Crippen molar-refractivity contribution in [3.63, 3.8) is 0 Å². The Kier molecular flexibility index (Phi) is 7.65. The van der Waals surface area contributed by atoms with Crippen LogP contribution in [0.15, 0.2) is 47.4 Å². The summed E-state index contributed by atoms with van der Waals surface area (Å²) in [7, 11) is -3.60. The minimum absolute atomic E-state index is 0.0249. The Morgan fingerprint density at radius 1 is 1.05 bits per heavy atom. The van der Waals surface area contributed by atoms with E-state index in [1.807, 2.05) is 0 Å². The minimum atomic E-state index is -3.60. The predicted octanol–water partition coefficient (Wildman–Crippen LogP) is 4.10. The topological polar surface area (TPSA) is 84.0 Å². The molecular weight excluding hydrogens is 500 g/mol. The standard InChI is InChI=1S/C30H38N2O5S/c1-22-3-5-24(6-4-22)19-25-10-17-37-30(21-25)12-15-31(16-13-30)29(34)11-18-38(35,36)27-7-8-28-26(20-27)9-14-32(28)23(2)33/h3-8,20,25H,9-19,21H2,1-2H3. The number of hydrogen-bond acceptors (Lipinski definition) is 5. The molecule has 1 spiro atoms. The first-order valence-corrected chi connectivity index (χ1v) is 15.4. The number of benzene rings is 2. The number of piperidine rings is 1. The van der Waals surface area contributed by atoms with Crippen molar-refractivity contribution in [3.05, 3.63) is 59.2 Å². The van der Waals surface area contributed by atoms with E-state index in [9.17, 15) is 18.0 Å². The van der Waals surface area contributed by atoms with E-state index in [4.69, 9.17) is 4.74 Å². The van der Waals surface area contributed by atoms with Crippen LogP contribution in [0.25, 0.3) is 0 Å². The maximum atomic E-state index is 13.0. The first-order chi connectivity index (χ1) is 18.1. The zero-order valence-corrected chi connectivity index (χ0v) is 23.3. The van der Waals surface area contributed by atoms with Crippen LogP contribution in [-0.4, -0.2) is 62.7 Å². The minimum Gasteiger partial charge on any atom is -0.375 e. The van der Waals surface area contributed by atoms with Crippen molar-refractivity contribution < 1.29 is 22.7 Å². The molecule has 204 valence electrons. The number of aryl methyl sites for hydroxylation is 1. The average molecular weight is 539 g/mol. The van der Waals surface area contributed by atoms with Gasteiger partial charge in [0.05, 0.1) is 16.2 Å². The number of carbonyl (C=O) groups excluding carboxylic acids is 2. The lowest BCUT2D eigenvalue weighted by Gasteiger charge is -2.46. The summed E-state index contributed by atoms with van der Waals surface area (Å²) >= 11 is 0. The molecule has 0 saturated carbocycles. The van der Waals surface area contributed by atoms with Crippen LogP contribution in [0.1, 0.15) is 55.7 Å². The van der Waals surface area contributed by atoms with Crippen LogP contribution in [0.4, 0.5) is 5.69 Å². The summed E-state index contributed by atoms with van der Waals surface area (Å²) in [5.74, 6) is 0.208. The van der Waals surface area contributed by atoms with Crippen molar-refractivity contribution in [2.24, 2.45) is 5.92 Å². The molecule has 0 aliphatic carbocycles. The molecule has 0 N–H and O–H groups in total. The lowest BCUT2D eigenvalue weighted by atomic mass is 9.77. The highest BCUT2D eigenvalue weighted by Gasteiger charge is 2.41. The molecule has 0 radical (unpaired) electrons. The second-order valence-electron chi connectivity index (χ2n) is 11.2. The summed E-state index contributed by atoms with van der Waals surface area (Å²) in [6.07, 6.45) is 5.34. The van der Waals surface area contributed by atoms with Gasteiger partial charge in [-0.2, -0.15) is 0 Å². The number of amides is 2. The normalized spacial score (nSPS) is 20.9. The first-order valence-electron chi connectivity index (χ1n) is 13.8. The number of hydrogen-bond donors (Lipinski definition) is 0. The third-order valence-corrected chi connectivity index (χ3v) is 10.3. The number of likely N-dealkylation sites (tertiary alicyclic amines) is 1. The van der Waals surface area contributed by atoms with Crippen molar-refractivity contribution in [1.82, 2.24) is 4.90 Å². The first kappa shape index (κ1) is 26.9. The van der Waals surface area contributed by atoms with Gasteiger partial charge in [0.25, 0.3) is 0 Å². The molecule has 7 nitrogen and oxygen atoms in total. The average Bonchev–Trinajstić information content (AvgIpc) is 3.33. The van der Waals surface area contributed by atoms with Gasteiger partial charge in [0, 0.05) is 45.3 Å². The van der Waals surface area contributed by atoms with E-state index in [-0.39, 0.29) is 34.5 Å². The van der Waals surface area contributed by atoms with Gasteiger partial charge in [-0.05, 0) is 80.7 Å². The Bertz CT molecular complexity index is 1300. The smallest absolute Gasteiger partial charge is 0.223 e. The van der Waals surface area contributed by atoms with E-state index in [0.29, 0.717) is 32.0 Å². The summed E-state index contributed by atoms with van der Waals surface area (Å²) in [5, 5.41) is 0. The lowest BCUT2D eigenvalue weighted by molar-refractivity contribution is -0.146. The van der Waals surface area contributed by atoms with Crippen LogP contribution in [0.5, 0.6) is 0 Å². The van der Waals surface area contributed by atoms with Crippen molar-refractivity contribution in [2.45, 2.75) is 69.3 Å². The monoisotopic (exact) mass is 538 g/mol. The number of rotatable bonds is 6. The van der Waals surface area contributed by atoms with E-state index in [0.717, 1.165) is 50.0 Å². The molecular formula is C30H38N2O5S. The second kappa shape index (κ2) is 10.8. The van der Waals surface area contributed by atoms with Gasteiger partial charge in [-0.3, -0.25) is 9.59 Å². The van der Waals surface area contributed by atoms with Gasteiger partial charge in [-0.25, -0.2) is 8.42 Å². The third kappa shape index (κ3) is 5.81. The van der Waals surface area contributed by atoms with Crippen LogP contribution in [0.2, 0.25) is 0 Å². The number of anilines is 1. The van der Waals surface area contributed by atoms with Crippen molar-refractivity contribution in [3.8, 4) is 0 Å². The lowest BCUT2D eigenvalue weighted by Crippen LogP contribution is -2.51. The van der Waals surface area contributed by atoms with E-state index >= 15 is 0 Å². The summed E-state index contributed by atoms with van der Waals surface area (Å²) < 4.78 is 32.3. The molecule has 5 rings (SSSR count). The molecule has 2 fully saturated rings. The van der Waals surface area contributed by atoms with Crippen molar-refractivity contribution in [1.29, 1.82) is 0 Å². The molecule has 2 amide bonds. The third-order valence-electron chi connectivity index (χ3n) is 8.54. The van der Waals surface area contributed by atoms with Gasteiger partial charge < -0.3 is 14.5 Å². The summed E-state index contributed by atoms with van der Waals surface area (Å²) in [4.78, 5) is 28.4. The van der Waals surface area contributed by atoms with E-state index < -0.39 is 9.84 Å². The highest BCUT2D eigenvalue weighted by Crippen LogP contribution is 2.39. The fraction of sp³-hybridized carbons (Fsp3) is 0.533. The summed E-state index contributed by atoms with van der Waals surface area (Å²) in [5.41, 5.74) is 4.11. The Labute approximate surface area is 226 Å². The van der Waals surface area contributed by atoms with E-state index in [1.165, 1.54) is 18.1 Å². The molecule has 3 heterocycles. The quantitative estimate of drug-likeness (QED) is 0.553. The SMILES string of the molecule is CC(=O)N1CCc2cc(S(=O)(=O)CCC(=O)N3CCC4(CC3)CC(Cc3ccc(C)cc3)CCO4)ccc21. The molecule has 1 atom stereocenters. The molecule has 2 saturated heterocycles. The van der Waals surface area contributed by atoms with Gasteiger partial charge in [0.15, 0.2) is 9.84 Å². The van der Waals surface area contributed by atoms with Gasteiger partial charge in [0.2, 0.25) is 11.8 Å². The van der Waals surface area contributed by atoms with Crippen LogP contribution < -0.4 is 4.90 Å². The van der Waals surface area contributed by atoms with E-state index in [1.54, 1.807) is 28.0 Å². The molecule has 0 aromatic heterocycles. The van der Waals surface area contributed by atoms with Crippen LogP contribution >= 0.6 is 0 Å². The Morgan fingerprint density at radius 3 is 2.50 bits per heavy atom. The predicted molar refractivity (Wildman–Crippen MR) is 147 cm³/mol. The van der Waals surface area contributed by atoms with E-state index in [2.05, 4.69) is 31.2 Å². The zero-order chi connectivity index (χ0) is 26.9. The number of ether oxygens (including phenoxy) is 1. The van der Waals surface area contributed by atoms with Gasteiger partial charge in [-0.1, -0.05) is 29.8 Å². The fourth-order valence-electron chi connectivity index (χ4n) is 6.27. The van der Waals surface area contributed by atoms with Crippen LogP contribution in [0.3, 0.4) is 0 Å². The second-order valence-corrected chi connectivity index (χ2v) is 13.4. The van der Waals surface area contributed by atoms with Gasteiger partial charge in [0.1, 0.15) is 0 Å². The Balaban J connectivity index is 1.13. The van der Waals surface area contributed by atoms with Gasteiger partial charge >= 0.3 is 0 Å². The highest BCUT2D eigenvalue weighted by molar-refractivity contribution is 7.91. The Hall–Kier alpha value is -2.71. The molecule has 1 unspecified atom stereocenters. The van der Waals surface area contributed by atoms with Crippen molar-refractivity contribution >= 4 is 27.3 Å². The van der Waals surface area contributed by atoms with Crippen LogP contribution in [-0.2, 0) is 37.0 Å². The largest absolute Gasteiger partial charge is 0.375 e. The Morgan fingerprint density at radius 2 is 1.79 bits per heavy atom. The molecule has 2 aromatic carbocycles. The molecule has 0 bridgehead atoms. The summed E-state index contributed by atoms with van der Waals surface area (Å²) in [6.45, 7) is 6.16. The number of fused-ring (bicyclic) bond motifs is 1.